The topological polar surface area (TPSA) is 312 Å². The molecular formula is C58H69F3N11O12+. The molecule has 3 fully saturated rings. The molecule has 4 aliphatic heterocycles. The number of aryl methyl sites for hydroxylation is 1. The second kappa shape index (κ2) is 25.2. The standard InChI is InChI=1S/C58H68F3N11O12/c1-33-9-7-20-72(29-33,31-36-22-38-40(41(23-36)58(59,60)61)28-71(53(38)80)44-25-37(24-43(67-44)63-16-8-15-62)57(26-34(2)27-57)56-68-66-32-69(56)3)30-35-11-12-42(83-55-50(78)48(76)49(77)51(84-55)54(81)82)39(21-35)52(79)65-18-17-64-45(73)10-5-4-6-19-70-46(74)13-14-47(70)75/h11-14,21-25,32-34,48-51,55,76-78H,4-10,16-20,26-31H2,1-3H3,(H3-,63,64,65,67,73,79,81,82)/p+1/t33-,34-,48-,49-,50+,51-,55+,57+,72?/m0/s1. The molecule has 26 heteroatoms. The van der Waals surface area contributed by atoms with Gasteiger partial charge in [-0.3, -0.25) is 33.8 Å². The molecule has 4 aromatic rings. The molecule has 23 nitrogen and oxygen atoms in total. The average molecular weight is 1170 g/mol. The molecule has 1 saturated carbocycles. The van der Waals surface area contributed by atoms with E-state index < -0.39 is 72.2 Å². The Morgan fingerprint density at radius 3 is 2.33 bits per heavy atom. The van der Waals surface area contributed by atoms with Crippen molar-refractivity contribution in [3.8, 4) is 11.8 Å². The van der Waals surface area contributed by atoms with Gasteiger partial charge in [0.15, 0.2) is 6.10 Å². The van der Waals surface area contributed by atoms with Crippen molar-refractivity contribution in [1.82, 2.24) is 35.3 Å². The molecule has 2 saturated heterocycles. The first-order valence-electron chi connectivity index (χ1n) is 28.2. The van der Waals surface area contributed by atoms with Gasteiger partial charge in [0, 0.05) is 74.4 Å². The lowest BCUT2D eigenvalue weighted by atomic mass is 9.58. The Bertz CT molecular complexity index is 3230. The number of benzene rings is 2. The molecule has 0 spiro atoms. The zero-order valence-electron chi connectivity index (χ0n) is 46.8. The van der Waals surface area contributed by atoms with Crippen LogP contribution in [0.1, 0.15) is 126 Å². The summed E-state index contributed by atoms with van der Waals surface area (Å²) in [4.78, 5) is 84.4. The Labute approximate surface area is 482 Å². The quantitative estimate of drug-likeness (QED) is 0.0314. The number of amides is 5. The van der Waals surface area contributed by atoms with Crippen LogP contribution in [0, 0.1) is 23.2 Å². The fourth-order valence-electron chi connectivity index (χ4n) is 12.6. The number of alkyl halides is 3. The maximum atomic E-state index is 15.5. The van der Waals surface area contributed by atoms with Crippen LogP contribution in [0.2, 0.25) is 0 Å². The number of hydrogen-bond donors (Lipinski definition) is 7. The van der Waals surface area contributed by atoms with Crippen LogP contribution in [-0.4, -0.2) is 155 Å². The third-order valence-electron chi connectivity index (χ3n) is 16.5. The van der Waals surface area contributed by atoms with E-state index in [0.29, 0.717) is 74.7 Å². The van der Waals surface area contributed by atoms with Crippen LogP contribution in [0.3, 0.4) is 0 Å². The van der Waals surface area contributed by atoms with Crippen LogP contribution < -0.4 is 25.6 Å². The van der Waals surface area contributed by atoms with Crippen molar-refractivity contribution in [2.75, 3.05) is 49.5 Å². The number of imide groups is 1. The van der Waals surface area contributed by atoms with Crippen molar-refractivity contribution in [2.24, 2.45) is 18.9 Å². The second-order valence-electron chi connectivity index (χ2n) is 22.9. The fraction of sp³-hybridized carbons (Fsp3) is 0.517. The number of aromatic nitrogens is 4. The van der Waals surface area contributed by atoms with Gasteiger partial charge < -0.3 is 54.9 Å². The molecule has 84 heavy (non-hydrogen) atoms. The number of pyridine rings is 1. The number of quaternary nitrogens is 1. The van der Waals surface area contributed by atoms with Crippen molar-refractivity contribution in [3.05, 3.63) is 106 Å². The highest BCUT2D eigenvalue weighted by Gasteiger charge is 2.51. The first kappa shape index (κ1) is 60.8. The van der Waals surface area contributed by atoms with E-state index in [1.165, 1.54) is 35.3 Å². The molecule has 7 N–H and O–H groups in total. The van der Waals surface area contributed by atoms with Gasteiger partial charge in [-0.15, -0.1) is 10.2 Å². The Balaban J connectivity index is 0.971. The van der Waals surface area contributed by atoms with E-state index in [9.17, 15) is 54.5 Å². The number of halogens is 3. The summed E-state index contributed by atoms with van der Waals surface area (Å²) in [5.74, 6) is -2.82. The highest BCUT2D eigenvalue weighted by atomic mass is 19.4. The number of ether oxygens (including phenoxy) is 2. The van der Waals surface area contributed by atoms with Crippen molar-refractivity contribution in [2.45, 2.75) is 134 Å². The number of piperidine rings is 1. The molecule has 5 amide bonds. The number of nitrogens with one attached hydrogen (secondary N) is 3. The molecule has 1 unspecified atom stereocenters. The minimum absolute atomic E-state index is 0.00903. The molecule has 0 radical (unpaired) electrons. The Hall–Kier alpha value is -7.83. The molecule has 448 valence electrons. The lowest BCUT2D eigenvalue weighted by molar-refractivity contribution is -0.960. The molecule has 2 aromatic carbocycles. The van der Waals surface area contributed by atoms with Gasteiger partial charge >= 0.3 is 12.1 Å². The Morgan fingerprint density at radius 2 is 1.65 bits per heavy atom. The molecule has 2 aromatic heterocycles. The SMILES string of the molecule is C[C@H]1CCC[N+](Cc2ccc(O[C@@H]3O[C@H](C(=O)O)[C@@H](O)[C@H](O)[C@H]3O)c(C(=O)NCCNC(=O)CCCCCN3C(=O)C=CC3=O)c2)(Cc2cc3c(c(C(F)(F)F)c2)CN(c2cc([C@]4(c5nncn5C)C[C@@H](C)C4)cc(NCCC#N)n2)C3=O)C1. The van der Waals surface area contributed by atoms with Crippen molar-refractivity contribution in [1.29, 1.82) is 5.26 Å². The maximum absolute atomic E-state index is 15.5. The number of anilines is 2. The van der Waals surface area contributed by atoms with E-state index >= 15 is 13.2 Å². The van der Waals surface area contributed by atoms with Gasteiger partial charge in [0.05, 0.1) is 48.7 Å². The highest BCUT2D eigenvalue weighted by Crippen LogP contribution is 2.53. The van der Waals surface area contributed by atoms with Crippen LogP contribution in [0.25, 0.3) is 0 Å². The van der Waals surface area contributed by atoms with E-state index in [2.05, 4.69) is 39.1 Å². The molecule has 9 rings (SSSR count). The number of unbranched alkanes of at least 4 members (excludes halogenated alkanes) is 2. The third-order valence-corrected chi connectivity index (χ3v) is 16.5. The van der Waals surface area contributed by atoms with Crippen LogP contribution in [-0.2, 0) is 62.2 Å². The van der Waals surface area contributed by atoms with Gasteiger partial charge in [0.1, 0.15) is 60.9 Å². The van der Waals surface area contributed by atoms with Gasteiger partial charge in [0.25, 0.3) is 23.6 Å². The predicted molar refractivity (Wildman–Crippen MR) is 292 cm³/mol. The summed E-state index contributed by atoms with van der Waals surface area (Å²) in [6.07, 6.45) is -6.09. The highest BCUT2D eigenvalue weighted by molar-refractivity contribution is 6.13. The van der Waals surface area contributed by atoms with Crippen molar-refractivity contribution >= 4 is 47.1 Å². The largest absolute Gasteiger partial charge is 0.479 e. The summed E-state index contributed by atoms with van der Waals surface area (Å²) in [5, 5.41) is 68.0. The summed E-state index contributed by atoms with van der Waals surface area (Å²) in [6, 6.07) is 12.8. The van der Waals surface area contributed by atoms with Gasteiger partial charge in [0.2, 0.25) is 12.2 Å². The first-order valence-corrected chi connectivity index (χ1v) is 28.2. The molecule has 7 atom stereocenters. The predicted octanol–water partition coefficient (Wildman–Crippen LogP) is 3.98. The summed E-state index contributed by atoms with van der Waals surface area (Å²) >= 11 is 0. The first-order chi connectivity index (χ1) is 40.0. The van der Waals surface area contributed by atoms with Gasteiger partial charge in [-0.25, -0.2) is 9.78 Å². The second-order valence-corrected chi connectivity index (χ2v) is 22.9. The molecule has 1 aliphatic carbocycles. The number of nitriles is 1. The van der Waals surface area contributed by atoms with E-state index in [1.54, 1.807) is 18.5 Å². The number of aliphatic hydroxyl groups excluding tert-OH is 3. The number of carbonyl (C=O) groups is 6. The zero-order chi connectivity index (χ0) is 60.3. The van der Waals surface area contributed by atoms with Crippen molar-refractivity contribution < 1.29 is 76.3 Å². The fourth-order valence-corrected chi connectivity index (χ4v) is 12.6. The molecular weight excluding hydrogens is 1100 g/mol. The minimum atomic E-state index is -4.87. The Kier molecular flexibility index (Phi) is 18.2. The van der Waals surface area contributed by atoms with E-state index in [1.807, 2.05) is 24.6 Å². The van der Waals surface area contributed by atoms with E-state index in [0.717, 1.165) is 23.0 Å². The summed E-state index contributed by atoms with van der Waals surface area (Å²) in [5.41, 5.74) is -0.539. The maximum Gasteiger partial charge on any atom is 0.416 e. The number of carboxylic acid groups (broad SMARTS) is 1. The van der Waals surface area contributed by atoms with Gasteiger partial charge in [-0.1, -0.05) is 20.3 Å². The number of aliphatic carboxylic acids is 1. The minimum Gasteiger partial charge on any atom is -0.479 e. The molecule has 0 bridgehead atoms. The number of nitrogens with zero attached hydrogens (tertiary/aromatic N) is 8. The van der Waals surface area contributed by atoms with E-state index in [-0.39, 0.29) is 114 Å². The normalized spacial score (nSPS) is 25.7. The number of fused-ring (bicyclic) bond motifs is 1. The smallest absolute Gasteiger partial charge is 0.416 e. The number of likely N-dealkylation sites (tertiary alicyclic amines) is 1. The summed E-state index contributed by atoms with van der Waals surface area (Å²) in [7, 11) is 1.83. The van der Waals surface area contributed by atoms with Crippen LogP contribution in [0.15, 0.2) is 60.9 Å². The summed E-state index contributed by atoms with van der Waals surface area (Å²) in [6.45, 7) is 5.29. The Morgan fingerprint density at radius 1 is 0.917 bits per heavy atom. The lowest BCUT2D eigenvalue weighted by Gasteiger charge is -2.46. The van der Waals surface area contributed by atoms with Crippen LogP contribution in [0.4, 0.5) is 24.8 Å². The van der Waals surface area contributed by atoms with Crippen LogP contribution in [0.5, 0.6) is 5.75 Å². The summed E-state index contributed by atoms with van der Waals surface area (Å²) < 4.78 is 59.8. The zero-order valence-corrected chi connectivity index (χ0v) is 46.8. The van der Waals surface area contributed by atoms with Gasteiger partial charge in [-0.05, 0) is 98.0 Å². The number of carbonyl (C=O) groups excluding carboxylic acids is 5. The third kappa shape index (κ3) is 13.1. The van der Waals surface area contributed by atoms with Gasteiger partial charge in [-0.2, -0.15) is 18.4 Å². The van der Waals surface area contributed by atoms with Crippen molar-refractivity contribution in [3.63, 3.8) is 0 Å². The average Bonchev–Trinajstić information content (AvgIpc) is 1.43. The number of rotatable bonds is 23. The number of carboxylic acids is 1. The number of hydrogen-bond acceptors (Lipinski definition) is 16. The van der Waals surface area contributed by atoms with E-state index in [4.69, 9.17) is 14.5 Å². The lowest BCUT2D eigenvalue weighted by Crippen LogP contribution is -2.61. The monoisotopic (exact) mass is 1170 g/mol. The number of aliphatic hydroxyl groups is 3. The molecule has 6 heterocycles. The molecule has 5 aliphatic rings. The van der Waals surface area contributed by atoms with Crippen LogP contribution >= 0.6 is 0 Å².